The van der Waals surface area contributed by atoms with Gasteiger partial charge >= 0.3 is 0 Å². The fourth-order valence-electron chi connectivity index (χ4n) is 3.34. The number of nitrogens with one attached hydrogen (secondary N) is 1. The van der Waals surface area contributed by atoms with Gasteiger partial charge in [0.15, 0.2) is 5.96 Å². The molecular weight excluding hydrogens is 413 g/mol. The van der Waals surface area contributed by atoms with E-state index >= 15 is 0 Å². The third-order valence-electron chi connectivity index (χ3n) is 5.01. The van der Waals surface area contributed by atoms with Gasteiger partial charge in [0.05, 0.1) is 6.54 Å². The summed E-state index contributed by atoms with van der Waals surface area (Å²) >= 11 is 0. The summed E-state index contributed by atoms with van der Waals surface area (Å²) in [6.45, 7) is 7.88. The zero-order valence-electron chi connectivity index (χ0n) is 15.7. The van der Waals surface area contributed by atoms with Crippen LogP contribution in [0.15, 0.2) is 23.3 Å². The molecule has 0 amide bonds. The molecule has 1 aliphatic rings. The molecule has 1 N–H and O–H groups in total. The van der Waals surface area contributed by atoms with E-state index in [1.807, 2.05) is 7.05 Å². The van der Waals surface area contributed by atoms with Crippen LogP contribution < -0.4 is 5.32 Å². The number of guanidine groups is 1. The van der Waals surface area contributed by atoms with Crippen LogP contribution in [-0.4, -0.2) is 60.6 Å². The smallest absolute Gasteiger partial charge is 0.193 e. The van der Waals surface area contributed by atoms with Gasteiger partial charge in [-0.3, -0.25) is 4.99 Å². The standard InChI is InChI=1S/C18H33N5.HI/c1-5-23-13-9-16(10-14-23)8-11-20-18(19-2)22(4)15-17-7-6-12-21(17)3;/h6-7,12,16H,5,8-11,13-15H2,1-4H3,(H,19,20);1H. The molecule has 2 rings (SSSR count). The van der Waals surface area contributed by atoms with Gasteiger partial charge in [0, 0.05) is 39.6 Å². The number of hydrogen-bond donors (Lipinski definition) is 1. The summed E-state index contributed by atoms with van der Waals surface area (Å²) in [7, 11) is 6.05. The molecule has 0 unspecified atom stereocenters. The summed E-state index contributed by atoms with van der Waals surface area (Å²) in [6, 6.07) is 4.24. The van der Waals surface area contributed by atoms with Crippen molar-refractivity contribution >= 4 is 29.9 Å². The zero-order chi connectivity index (χ0) is 16.7. The fraction of sp³-hybridized carbons (Fsp3) is 0.722. The van der Waals surface area contributed by atoms with E-state index in [4.69, 9.17) is 0 Å². The van der Waals surface area contributed by atoms with E-state index in [0.29, 0.717) is 0 Å². The molecule has 1 aliphatic heterocycles. The minimum Gasteiger partial charge on any atom is -0.356 e. The van der Waals surface area contributed by atoms with Gasteiger partial charge in [0.2, 0.25) is 0 Å². The molecule has 0 aliphatic carbocycles. The highest BCUT2D eigenvalue weighted by molar-refractivity contribution is 14.0. The predicted octanol–water partition coefficient (Wildman–Crippen LogP) is 2.77. The molecule has 1 saturated heterocycles. The summed E-state index contributed by atoms with van der Waals surface area (Å²) in [6.07, 6.45) is 6.01. The van der Waals surface area contributed by atoms with E-state index in [-0.39, 0.29) is 24.0 Å². The first kappa shape index (κ1) is 21.3. The highest BCUT2D eigenvalue weighted by atomic mass is 127. The SMILES string of the molecule is CCN1CCC(CCNC(=NC)N(C)Cc2cccn2C)CC1.I. The second-order valence-corrected chi connectivity index (χ2v) is 6.61. The number of piperidine rings is 1. The van der Waals surface area contributed by atoms with E-state index < -0.39 is 0 Å². The van der Waals surface area contributed by atoms with Crippen LogP contribution in [0.5, 0.6) is 0 Å². The fourth-order valence-corrected chi connectivity index (χ4v) is 3.34. The van der Waals surface area contributed by atoms with Gasteiger partial charge in [-0.05, 0) is 56.9 Å². The largest absolute Gasteiger partial charge is 0.356 e. The molecule has 6 heteroatoms. The van der Waals surface area contributed by atoms with Crippen molar-refractivity contribution < 1.29 is 0 Å². The zero-order valence-corrected chi connectivity index (χ0v) is 18.0. The first-order valence-electron chi connectivity index (χ1n) is 8.88. The molecular formula is C18H34IN5. The number of rotatable bonds is 6. The van der Waals surface area contributed by atoms with Crippen molar-refractivity contribution in [1.82, 2.24) is 19.7 Å². The number of aryl methyl sites for hydroxylation is 1. The van der Waals surface area contributed by atoms with E-state index in [9.17, 15) is 0 Å². The van der Waals surface area contributed by atoms with Gasteiger partial charge in [0.25, 0.3) is 0 Å². The molecule has 0 aromatic carbocycles. The lowest BCUT2D eigenvalue weighted by atomic mass is 9.93. The quantitative estimate of drug-likeness (QED) is 0.414. The van der Waals surface area contributed by atoms with Crippen LogP contribution in [0.4, 0.5) is 0 Å². The molecule has 2 heterocycles. The highest BCUT2D eigenvalue weighted by Gasteiger charge is 2.18. The number of halogens is 1. The normalized spacial score (nSPS) is 16.8. The minimum absolute atomic E-state index is 0. The number of nitrogens with zero attached hydrogens (tertiary/aromatic N) is 4. The van der Waals surface area contributed by atoms with Crippen LogP contribution in [0.1, 0.15) is 31.9 Å². The lowest BCUT2D eigenvalue weighted by Crippen LogP contribution is -2.40. The monoisotopic (exact) mass is 447 g/mol. The Hall–Kier alpha value is -0.760. The summed E-state index contributed by atoms with van der Waals surface area (Å²) in [5.74, 6) is 1.85. The lowest BCUT2D eigenvalue weighted by Gasteiger charge is -2.31. The minimum atomic E-state index is 0. The van der Waals surface area contributed by atoms with Gasteiger partial charge in [-0.25, -0.2) is 0 Å². The second-order valence-electron chi connectivity index (χ2n) is 6.61. The molecule has 24 heavy (non-hydrogen) atoms. The van der Waals surface area contributed by atoms with Crippen molar-refractivity contribution in [3.8, 4) is 0 Å². The molecule has 1 fully saturated rings. The van der Waals surface area contributed by atoms with E-state index in [1.54, 1.807) is 0 Å². The number of aliphatic imine (C=N–C) groups is 1. The van der Waals surface area contributed by atoms with Crippen molar-refractivity contribution in [1.29, 1.82) is 0 Å². The van der Waals surface area contributed by atoms with Gasteiger partial charge in [-0.1, -0.05) is 6.92 Å². The van der Waals surface area contributed by atoms with Crippen molar-refractivity contribution in [2.75, 3.05) is 40.3 Å². The third kappa shape index (κ3) is 6.27. The van der Waals surface area contributed by atoms with Crippen LogP contribution in [-0.2, 0) is 13.6 Å². The molecule has 0 atom stereocenters. The van der Waals surface area contributed by atoms with Crippen molar-refractivity contribution in [2.24, 2.45) is 18.0 Å². The lowest BCUT2D eigenvalue weighted by molar-refractivity contribution is 0.187. The van der Waals surface area contributed by atoms with Crippen molar-refractivity contribution in [3.05, 3.63) is 24.0 Å². The van der Waals surface area contributed by atoms with Crippen LogP contribution in [0.25, 0.3) is 0 Å². The molecule has 1 aromatic heterocycles. The van der Waals surface area contributed by atoms with Crippen LogP contribution >= 0.6 is 24.0 Å². The van der Waals surface area contributed by atoms with E-state index in [2.05, 4.69) is 64.0 Å². The van der Waals surface area contributed by atoms with Crippen LogP contribution in [0.3, 0.4) is 0 Å². The van der Waals surface area contributed by atoms with E-state index in [0.717, 1.165) is 25.0 Å². The van der Waals surface area contributed by atoms with Gasteiger partial charge in [-0.15, -0.1) is 24.0 Å². The maximum absolute atomic E-state index is 4.42. The van der Waals surface area contributed by atoms with E-state index in [1.165, 1.54) is 44.6 Å². The summed E-state index contributed by atoms with van der Waals surface area (Å²) in [4.78, 5) is 9.16. The molecule has 0 radical (unpaired) electrons. The molecule has 0 bridgehead atoms. The molecule has 1 aromatic rings. The van der Waals surface area contributed by atoms with Crippen LogP contribution in [0.2, 0.25) is 0 Å². The first-order chi connectivity index (χ1) is 11.1. The van der Waals surface area contributed by atoms with Gasteiger partial charge in [0.1, 0.15) is 0 Å². The Morgan fingerprint density at radius 2 is 2.08 bits per heavy atom. The van der Waals surface area contributed by atoms with Crippen molar-refractivity contribution in [2.45, 2.75) is 32.7 Å². The Labute approximate surface area is 164 Å². The van der Waals surface area contributed by atoms with Gasteiger partial charge in [-0.2, -0.15) is 0 Å². The number of likely N-dealkylation sites (tertiary alicyclic amines) is 1. The highest BCUT2D eigenvalue weighted by Crippen LogP contribution is 2.19. The first-order valence-corrected chi connectivity index (χ1v) is 8.88. The second kappa shape index (κ2) is 11.0. The Morgan fingerprint density at radius 1 is 1.38 bits per heavy atom. The maximum atomic E-state index is 4.42. The predicted molar refractivity (Wildman–Crippen MR) is 113 cm³/mol. The summed E-state index contributed by atoms with van der Waals surface area (Å²) in [5, 5.41) is 3.53. The summed E-state index contributed by atoms with van der Waals surface area (Å²) in [5.41, 5.74) is 1.29. The average Bonchev–Trinajstić information content (AvgIpc) is 2.97. The average molecular weight is 447 g/mol. The third-order valence-corrected chi connectivity index (χ3v) is 5.01. The molecule has 138 valence electrons. The Bertz CT molecular complexity index is 491. The van der Waals surface area contributed by atoms with Gasteiger partial charge < -0.3 is 19.7 Å². The Morgan fingerprint density at radius 3 is 2.62 bits per heavy atom. The topological polar surface area (TPSA) is 35.8 Å². The Kier molecular flexibility index (Phi) is 9.73. The number of hydrogen-bond acceptors (Lipinski definition) is 2. The maximum Gasteiger partial charge on any atom is 0.193 e. The Balaban J connectivity index is 0.00000288. The summed E-state index contributed by atoms with van der Waals surface area (Å²) < 4.78 is 2.16. The molecule has 0 spiro atoms. The molecule has 5 nitrogen and oxygen atoms in total. The number of aromatic nitrogens is 1. The van der Waals surface area contributed by atoms with Crippen molar-refractivity contribution in [3.63, 3.8) is 0 Å². The van der Waals surface area contributed by atoms with Crippen LogP contribution in [0, 0.1) is 5.92 Å². The molecule has 0 saturated carbocycles.